The number of amides is 1. The van der Waals surface area contributed by atoms with E-state index < -0.39 is 23.4 Å². The number of halogens is 1. The summed E-state index contributed by atoms with van der Waals surface area (Å²) in [6.07, 6.45) is 0. The van der Waals surface area contributed by atoms with Gasteiger partial charge in [0.2, 0.25) is 0 Å². The van der Waals surface area contributed by atoms with Crippen molar-refractivity contribution in [3.8, 4) is 0 Å². The van der Waals surface area contributed by atoms with Gasteiger partial charge in [-0.2, -0.15) is 0 Å². The Labute approximate surface area is 181 Å². The number of carbonyl (C=O) groups excluding carboxylic acids is 3. The zero-order valence-corrected chi connectivity index (χ0v) is 16.7. The Balaban J connectivity index is 1.57. The summed E-state index contributed by atoms with van der Waals surface area (Å²) in [4.78, 5) is 46.7. The van der Waals surface area contributed by atoms with Crippen LogP contribution >= 0.6 is 11.6 Å². The van der Waals surface area contributed by atoms with Gasteiger partial charge in [0.1, 0.15) is 5.02 Å². The maximum atomic E-state index is 12.4. The maximum absolute atomic E-state index is 12.4. The molecule has 156 valence electrons. The van der Waals surface area contributed by atoms with Crippen LogP contribution in [0.2, 0.25) is 5.02 Å². The number of nitro benzene ring substituents is 1. The predicted octanol–water partition coefficient (Wildman–Crippen LogP) is 4.27. The van der Waals surface area contributed by atoms with Gasteiger partial charge in [0.15, 0.2) is 12.4 Å². The summed E-state index contributed by atoms with van der Waals surface area (Å²) in [5, 5.41) is 13.2. The molecular formula is C22H15ClN2O6. The molecule has 3 rings (SSSR count). The normalized spacial score (nSPS) is 10.2. The van der Waals surface area contributed by atoms with E-state index >= 15 is 0 Å². The minimum Gasteiger partial charge on any atom is -0.452 e. The zero-order chi connectivity index (χ0) is 22.4. The number of rotatable bonds is 7. The highest BCUT2D eigenvalue weighted by atomic mass is 35.5. The number of anilines is 1. The third-order valence-corrected chi connectivity index (χ3v) is 4.50. The van der Waals surface area contributed by atoms with E-state index in [0.717, 1.165) is 6.07 Å². The van der Waals surface area contributed by atoms with Crippen molar-refractivity contribution in [2.45, 2.75) is 0 Å². The molecule has 31 heavy (non-hydrogen) atoms. The van der Waals surface area contributed by atoms with Crippen molar-refractivity contribution >= 4 is 40.6 Å². The lowest BCUT2D eigenvalue weighted by atomic mass is 10.0. The number of ketones is 1. The Bertz CT molecular complexity index is 1150. The molecule has 0 saturated heterocycles. The number of nitrogens with zero attached hydrogens (tertiary/aromatic N) is 1. The molecule has 3 aromatic carbocycles. The van der Waals surface area contributed by atoms with Gasteiger partial charge in [-0.05, 0) is 24.3 Å². The number of esters is 1. The molecule has 0 bridgehead atoms. The molecule has 8 nitrogen and oxygen atoms in total. The summed E-state index contributed by atoms with van der Waals surface area (Å²) in [7, 11) is 0. The van der Waals surface area contributed by atoms with Crippen molar-refractivity contribution in [2.24, 2.45) is 0 Å². The average Bonchev–Trinajstić information content (AvgIpc) is 2.78. The zero-order valence-electron chi connectivity index (χ0n) is 15.9. The van der Waals surface area contributed by atoms with E-state index in [1.54, 1.807) is 30.3 Å². The summed E-state index contributed by atoms with van der Waals surface area (Å²) >= 11 is 5.72. The second-order valence-electron chi connectivity index (χ2n) is 6.32. The van der Waals surface area contributed by atoms with Gasteiger partial charge in [0.25, 0.3) is 11.6 Å². The molecule has 0 radical (unpaired) electrons. The molecule has 0 spiro atoms. The summed E-state index contributed by atoms with van der Waals surface area (Å²) in [6, 6.07) is 18.3. The van der Waals surface area contributed by atoms with Crippen LogP contribution in [0.4, 0.5) is 11.4 Å². The molecule has 9 heteroatoms. The molecule has 0 aliphatic carbocycles. The van der Waals surface area contributed by atoms with Crippen molar-refractivity contribution in [3.63, 3.8) is 0 Å². The Hall–Kier alpha value is -4.04. The standard InChI is InChI=1S/C22H15ClN2O6/c23-18-11-10-17(12-19(18)25(29)30)24-20(26)13-31-22(28)16-8-6-15(7-9-16)21(27)14-4-2-1-3-5-14/h1-12H,13H2,(H,24,26). The van der Waals surface area contributed by atoms with E-state index in [4.69, 9.17) is 16.3 Å². The summed E-state index contributed by atoms with van der Waals surface area (Å²) in [6.45, 7) is -0.597. The molecule has 3 aromatic rings. The Morgan fingerprint density at radius 1 is 0.903 bits per heavy atom. The average molecular weight is 439 g/mol. The van der Waals surface area contributed by atoms with Gasteiger partial charge in [-0.25, -0.2) is 4.79 Å². The number of ether oxygens (including phenoxy) is 1. The SMILES string of the molecule is O=C(COC(=O)c1ccc(C(=O)c2ccccc2)cc1)Nc1ccc(Cl)c([N+](=O)[O-])c1. The van der Waals surface area contributed by atoms with Gasteiger partial charge >= 0.3 is 5.97 Å². The van der Waals surface area contributed by atoms with Crippen molar-refractivity contribution in [1.29, 1.82) is 0 Å². The van der Waals surface area contributed by atoms with Crippen LogP contribution in [0, 0.1) is 10.1 Å². The number of carbonyl (C=O) groups is 3. The Kier molecular flexibility index (Phi) is 6.74. The van der Waals surface area contributed by atoms with Crippen LogP contribution < -0.4 is 5.32 Å². The second-order valence-corrected chi connectivity index (χ2v) is 6.73. The van der Waals surface area contributed by atoms with Crippen molar-refractivity contribution < 1.29 is 24.0 Å². The lowest BCUT2D eigenvalue weighted by molar-refractivity contribution is -0.384. The predicted molar refractivity (Wildman–Crippen MR) is 113 cm³/mol. The third-order valence-electron chi connectivity index (χ3n) is 4.18. The minimum atomic E-state index is -0.754. The summed E-state index contributed by atoms with van der Waals surface area (Å²) < 4.78 is 4.95. The molecule has 1 amide bonds. The fraction of sp³-hybridized carbons (Fsp3) is 0.0455. The molecule has 0 atom stereocenters. The number of nitro groups is 1. The molecule has 0 aliphatic rings. The number of nitrogens with one attached hydrogen (secondary N) is 1. The van der Waals surface area contributed by atoms with Crippen LogP contribution in [0.25, 0.3) is 0 Å². The van der Waals surface area contributed by atoms with E-state index in [1.165, 1.54) is 36.4 Å². The fourth-order valence-corrected chi connectivity index (χ4v) is 2.84. The highest BCUT2D eigenvalue weighted by Gasteiger charge is 2.16. The van der Waals surface area contributed by atoms with Crippen LogP contribution in [0.15, 0.2) is 72.8 Å². The quantitative estimate of drug-likeness (QED) is 0.255. The molecule has 1 N–H and O–H groups in total. The molecule has 0 aliphatic heterocycles. The van der Waals surface area contributed by atoms with Crippen molar-refractivity contribution in [3.05, 3.63) is 105 Å². The highest BCUT2D eigenvalue weighted by Crippen LogP contribution is 2.27. The van der Waals surface area contributed by atoms with Crippen molar-refractivity contribution in [1.82, 2.24) is 0 Å². The summed E-state index contributed by atoms with van der Waals surface area (Å²) in [5.41, 5.74) is 0.879. The molecule has 0 heterocycles. The molecule has 0 fully saturated rings. The van der Waals surface area contributed by atoms with Crippen LogP contribution in [0.5, 0.6) is 0 Å². The topological polar surface area (TPSA) is 116 Å². The molecule has 0 unspecified atom stereocenters. The van der Waals surface area contributed by atoms with Gasteiger partial charge in [-0.1, -0.05) is 54.1 Å². The number of benzene rings is 3. The van der Waals surface area contributed by atoms with Crippen molar-refractivity contribution in [2.75, 3.05) is 11.9 Å². The van der Waals surface area contributed by atoms with Gasteiger partial charge in [-0.3, -0.25) is 19.7 Å². The second kappa shape index (κ2) is 9.64. The van der Waals surface area contributed by atoms with Crippen LogP contribution in [0.1, 0.15) is 26.3 Å². The minimum absolute atomic E-state index is 0.0661. The van der Waals surface area contributed by atoms with E-state index in [0.29, 0.717) is 11.1 Å². The number of hydrogen-bond donors (Lipinski definition) is 1. The smallest absolute Gasteiger partial charge is 0.338 e. The first-order valence-corrected chi connectivity index (χ1v) is 9.33. The van der Waals surface area contributed by atoms with Crippen LogP contribution in [-0.4, -0.2) is 29.2 Å². The third kappa shape index (κ3) is 5.52. The molecule has 0 aromatic heterocycles. The lowest BCUT2D eigenvalue weighted by Gasteiger charge is -2.07. The van der Waals surface area contributed by atoms with E-state index in [1.807, 2.05) is 0 Å². The maximum Gasteiger partial charge on any atom is 0.338 e. The largest absolute Gasteiger partial charge is 0.452 e. The Morgan fingerprint density at radius 3 is 2.16 bits per heavy atom. The number of hydrogen-bond acceptors (Lipinski definition) is 6. The first-order valence-electron chi connectivity index (χ1n) is 8.96. The fourth-order valence-electron chi connectivity index (χ4n) is 2.66. The lowest BCUT2D eigenvalue weighted by Crippen LogP contribution is -2.21. The summed E-state index contributed by atoms with van der Waals surface area (Å²) in [5.74, 6) is -1.62. The van der Waals surface area contributed by atoms with Gasteiger partial charge in [0, 0.05) is 22.9 Å². The van der Waals surface area contributed by atoms with Gasteiger partial charge in [-0.15, -0.1) is 0 Å². The molecule has 0 saturated carbocycles. The first kappa shape index (κ1) is 21.7. The van der Waals surface area contributed by atoms with Gasteiger partial charge < -0.3 is 10.1 Å². The van der Waals surface area contributed by atoms with Crippen LogP contribution in [0.3, 0.4) is 0 Å². The molecular weight excluding hydrogens is 424 g/mol. The Morgan fingerprint density at radius 2 is 1.52 bits per heavy atom. The van der Waals surface area contributed by atoms with E-state index in [-0.39, 0.29) is 27.7 Å². The highest BCUT2D eigenvalue weighted by molar-refractivity contribution is 6.32. The van der Waals surface area contributed by atoms with Crippen LogP contribution in [-0.2, 0) is 9.53 Å². The van der Waals surface area contributed by atoms with E-state index in [9.17, 15) is 24.5 Å². The van der Waals surface area contributed by atoms with Gasteiger partial charge in [0.05, 0.1) is 10.5 Å². The monoisotopic (exact) mass is 438 g/mol. The van der Waals surface area contributed by atoms with E-state index in [2.05, 4.69) is 5.32 Å². The first-order chi connectivity index (χ1) is 14.8.